The lowest BCUT2D eigenvalue weighted by molar-refractivity contribution is 0.103. The predicted octanol–water partition coefficient (Wildman–Crippen LogP) is 5.16. The maximum Gasteiger partial charge on any atom is 0.232 e. The maximum atomic E-state index is 15.3. The van der Waals surface area contributed by atoms with Gasteiger partial charge < -0.3 is 4.98 Å². The number of halogens is 3. The fraction of sp³-hybridized carbons (Fsp3) is 0.222. The van der Waals surface area contributed by atoms with Crippen LogP contribution in [0.2, 0.25) is 5.02 Å². The summed E-state index contributed by atoms with van der Waals surface area (Å²) in [4.78, 5) is 16.5. The van der Waals surface area contributed by atoms with Crippen LogP contribution in [0.5, 0.6) is 0 Å². The molecule has 5 nitrogen and oxygen atoms in total. The monoisotopic (exact) mass is 530 g/mol. The van der Waals surface area contributed by atoms with Gasteiger partial charge in [-0.2, -0.15) is 0 Å². The van der Waals surface area contributed by atoms with E-state index in [1.807, 2.05) is 24.3 Å². The van der Waals surface area contributed by atoms with Crippen LogP contribution < -0.4 is 15.3 Å². The second kappa shape index (κ2) is 10.8. The van der Waals surface area contributed by atoms with Crippen molar-refractivity contribution < 1.29 is 22.0 Å². The number of fused-ring (bicyclic) bond motifs is 1. The molecule has 3 aromatic rings. The van der Waals surface area contributed by atoms with Crippen LogP contribution in [-0.4, -0.2) is 24.9 Å². The fourth-order valence-electron chi connectivity index (χ4n) is 4.10. The molecule has 2 aromatic carbocycles. The number of carbonyl (C=O) groups is 1. The van der Waals surface area contributed by atoms with Crippen molar-refractivity contribution in [3.8, 4) is 0 Å². The summed E-state index contributed by atoms with van der Waals surface area (Å²) in [6.07, 6.45) is 9.99. The van der Waals surface area contributed by atoms with E-state index in [-0.39, 0.29) is 11.3 Å². The van der Waals surface area contributed by atoms with Gasteiger partial charge >= 0.3 is 0 Å². The molecule has 4 rings (SSSR count). The number of nitrogens with one attached hydrogen (secondary N) is 2. The number of aromatic amines is 1. The van der Waals surface area contributed by atoms with Gasteiger partial charge in [0.1, 0.15) is 5.82 Å². The molecule has 0 unspecified atom stereocenters. The van der Waals surface area contributed by atoms with Gasteiger partial charge in [0.05, 0.1) is 17.0 Å². The van der Waals surface area contributed by atoms with E-state index in [0.717, 1.165) is 42.5 Å². The summed E-state index contributed by atoms with van der Waals surface area (Å²) in [6, 6.07) is 9.13. The smallest absolute Gasteiger partial charge is 0.232 e. The molecule has 0 radical (unpaired) electrons. The summed E-state index contributed by atoms with van der Waals surface area (Å²) < 4.78 is 56.5. The third-order valence-corrected chi connectivity index (χ3v) is 7.58. The molecule has 0 bridgehead atoms. The van der Waals surface area contributed by atoms with E-state index in [9.17, 15) is 17.6 Å². The number of ketones is 1. The minimum absolute atomic E-state index is 0.0781. The molecule has 0 amide bonds. The van der Waals surface area contributed by atoms with Gasteiger partial charge in [-0.05, 0) is 67.2 Å². The highest BCUT2D eigenvalue weighted by Crippen LogP contribution is 2.25. The number of H-pyrrole nitrogens is 1. The minimum atomic E-state index is -3.84. The van der Waals surface area contributed by atoms with E-state index >= 15 is 4.39 Å². The predicted molar refractivity (Wildman–Crippen MR) is 140 cm³/mol. The molecular formula is C27H25ClF2N2O3S. The highest BCUT2D eigenvalue weighted by Gasteiger charge is 2.25. The molecule has 0 spiro atoms. The molecule has 1 aliphatic rings. The van der Waals surface area contributed by atoms with Crippen LogP contribution in [0.1, 0.15) is 54.1 Å². The van der Waals surface area contributed by atoms with E-state index in [2.05, 4.69) is 15.8 Å². The lowest BCUT2D eigenvalue weighted by Gasteiger charge is -2.11. The van der Waals surface area contributed by atoms with Crippen LogP contribution >= 0.6 is 11.6 Å². The Kier molecular flexibility index (Phi) is 7.76. The van der Waals surface area contributed by atoms with E-state index in [0.29, 0.717) is 22.0 Å². The maximum absolute atomic E-state index is 15.3. The molecule has 2 N–H and O–H groups in total. The number of sulfonamides is 1. The van der Waals surface area contributed by atoms with Gasteiger partial charge in [-0.15, -0.1) is 0 Å². The van der Waals surface area contributed by atoms with Gasteiger partial charge in [-0.1, -0.05) is 42.8 Å². The average Bonchev–Trinajstić information content (AvgIpc) is 3.25. The lowest BCUT2D eigenvalue weighted by Crippen LogP contribution is -2.28. The van der Waals surface area contributed by atoms with Gasteiger partial charge in [0.2, 0.25) is 15.8 Å². The van der Waals surface area contributed by atoms with E-state index in [1.54, 1.807) is 19.1 Å². The Labute approximate surface area is 213 Å². The zero-order chi connectivity index (χ0) is 25.9. The SMILES string of the molecule is CCCS(=O)(=O)Nc1ccc(F)c(C(=O)c2c[nH]c3/c2=C\C(c2ccc(Cl)cc2)=CCCC\C=3)c1F. The highest BCUT2D eigenvalue weighted by atomic mass is 35.5. The Hall–Kier alpha value is -3.23. The van der Waals surface area contributed by atoms with Crippen LogP contribution in [0.3, 0.4) is 0 Å². The highest BCUT2D eigenvalue weighted by molar-refractivity contribution is 7.92. The number of benzene rings is 2. The normalized spacial score (nSPS) is 15.7. The lowest BCUT2D eigenvalue weighted by atomic mass is 9.99. The molecular weight excluding hydrogens is 506 g/mol. The minimum Gasteiger partial charge on any atom is -0.361 e. The number of rotatable bonds is 7. The summed E-state index contributed by atoms with van der Waals surface area (Å²) in [7, 11) is -3.84. The first-order chi connectivity index (χ1) is 17.2. The largest absolute Gasteiger partial charge is 0.361 e. The van der Waals surface area contributed by atoms with Crippen LogP contribution in [0.25, 0.3) is 17.7 Å². The first-order valence-corrected chi connectivity index (χ1v) is 13.6. The number of aromatic nitrogens is 1. The number of anilines is 1. The summed E-state index contributed by atoms with van der Waals surface area (Å²) in [5, 5.41) is 1.76. The third-order valence-electron chi connectivity index (χ3n) is 5.85. The van der Waals surface area contributed by atoms with Crippen LogP contribution in [0.4, 0.5) is 14.5 Å². The molecule has 0 atom stereocenters. The molecule has 0 saturated heterocycles. The van der Waals surface area contributed by atoms with Crippen molar-refractivity contribution in [1.82, 2.24) is 4.98 Å². The fourth-order valence-corrected chi connectivity index (χ4v) is 5.36. The number of carbonyl (C=O) groups excluding carboxylic acids is 1. The topological polar surface area (TPSA) is 79.0 Å². The number of hydrogen-bond donors (Lipinski definition) is 2. The van der Waals surface area contributed by atoms with Gasteiger partial charge in [0.25, 0.3) is 0 Å². The molecule has 188 valence electrons. The molecule has 1 aliphatic carbocycles. The standard InChI is InChI=1S/C27H25ClF2N2O3S/c1-2-14-36(34,35)32-24-13-12-22(29)25(26(24)30)27(33)21-16-31-23-7-5-3-4-6-18(15-20(21)23)17-8-10-19(28)11-9-17/h6-13,15-16,31-32H,2-5,14H2,1H3/b18-6?,20-15-,23-7+. The average molecular weight is 531 g/mol. The zero-order valence-corrected chi connectivity index (χ0v) is 21.1. The number of hydrogen-bond acceptors (Lipinski definition) is 3. The van der Waals surface area contributed by atoms with Gasteiger partial charge in [-0.3, -0.25) is 9.52 Å². The first kappa shape index (κ1) is 25.9. The molecule has 1 aromatic heterocycles. The summed E-state index contributed by atoms with van der Waals surface area (Å²) in [5.41, 5.74) is 0.518. The van der Waals surface area contributed by atoms with Crippen molar-refractivity contribution in [3.05, 3.63) is 92.6 Å². The molecule has 1 heterocycles. The second-order valence-electron chi connectivity index (χ2n) is 8.51. The Morgan fingerprint density at radius 3 is 2.53 bits per heavy atom. The van der Waals surface area contributed by atoms with Crippen LogP contribution in [-0.2, 0) is 10.0 Å². The van der Waals surface area contributed by atoms with Crippen LogP contribution in [0, 0.1) is 11.6 Å². The van der Waals surface area contributed by atoms with E-state index in [4.69, 9.17) is 11.6 Å². The molecule has 0 saturated carbocycles. The molecule has 9 heteroatoms. The Morgan fingerprint density at radius 1 is 1.08 bits per heavy atom. The van der Waals surface area contributed by atoms with Crippen molar-refractivity contribution in [2.24, 2.45) is 0 Å². The summed E-state index contributed by atoms with van der Waals surface area (Å²) >= 11 is 6.04. The quantitative estimate of drug-likeness (QED) is 0.414. The Morgan fingerprint density at radius 2 is 1.81 bits per heavy atom. The number of allylic oxidation sites excluding steroid dienone is 2. The van der Waals surface area contributed by atoms with E-state index in [1.165, 1.54) is 6.20 Å². The van der Waals surface area contributed by atoms with Gasteiger partial charge in [0.15, 0.2) is 5.82 Å². The van der Waals surface area contributed by atoms with Gasteiger partial charge in [-0.25, -0.2) is 17.2 Å². The summed E-state index contributed by atoms with van der Waals surface area (Å²) in [6.45, 7) is 1.66. The molecule has 36 heavy (non-hydrogen) atoms. The molecule has 0 aliphatic heterocycles. The van der Waals surface area contributed by atoms with Crippen molar-refractivity contribution in [3.63, 3.8) is 0 Å². The molecule has 0 fully saturated rings. The first-order valence-electron chi connectivity index (χ1n) is 11.6. The Balaban J connectivity index is 1.84. The van der Waals surface area contributed by atoms with Crippen molar-refractivity contribution in [2.75, 3.05) is 10.5 Å². The van der Waals surface area contributed by atoms with Crippen LogP contribution in [0.15, 0.2) is 48.7 Å². The Bertz CT molecular complexity index is 1560. The third kappa shape index (κ3) is 5.60. The van der Waals surface area contributed by atoms with Crippen molar-refractivity contribution >= 4 is 50.8 Å². The second-order valence-corrected chi connectivity index (χ2v) is 10.8. The van der Waals surface area contributed by atoms with Gasteiger partial charge in [0, 0.05) is 27.4 Å². The van der Waals surface area contributed by atoms with E-state index < -0.39 is 38.7 Å². The van der Waals surface area contributed by atoms with Crippen molar-refractivity contribution in [1.29, 1.82) is 0 Å². The summed E-state index contributed by atoms with van der Waals surface area (Å²) in [5.74, 6) is -3.46. The van der Waals surface area contributed by atoms with Crippen molar-refractivity contribution in [2.45, 2.75) is 32.6 Å². The zero-order valence-electron chi connectivity index (χ0n) is 19.6.